The van der Waals surface area contributed by atoms with E-state index < -0.39 is 23.6 Å². The van der Waals surface area contributed by atoms with E-state index in [1.165, 1.54) is 37.1 Å². The van der Waals surface area contributed by atoms with Gasteiger partial charge in [0.05, 0.1) is 5.92 Å². The summed E-state index contributed by atoms with van der Waals surface area (Å²) >= 11 is 0. The molecule has 1 aromatic rings. The molecule has 5 heteroatoms. The van der Waals surface area contributed by atoms with Crippen molar-refractivity contribution in [1.82, 2.24) is 4.90 Å². The maximum Gasteiger partial charge on any atom is 0.308 e. The van der Waals surface area contributed by atoms with E-state index in [0.29, 0.717) is 0 Å². The number of carboxylic acids is 1. The number of carbonyl (C=O) groups excluding carboxylic acids is 1. The summed E-state index contributed by atoms with van der Waals surface area (Å²) in [4.78, 5) is 23.7. The molecule has 1 rings (SSSR count). The molecule has 0 saturated carbocycles. The molecule has 17 heavy (non-hydrogen) atoms. The summed E-state index contributed by atoms with van der Waals surface area (Å²) in [6.07, 6.45) is 0. The van der Waals surface area contributed by atoms with Gasteiger partial charge in [-0.3, -0.25) is 9.59 Å². The molecule has 1 aromatic carbocycles. The Bertz CT molecular complexity index is 434. The van der Waals surface area contributed by atoms with E-state index in [1.54, 1.807) is 0 Å². The van der Waals surface area contributed by atoms with E-state index in [9.17, 15) is 14.0 Å². The first-order valence-electron chi connectivity index (χ1n) is 5.15. The number of rotatable bonds is 4. The zero-order chi connectivity index (χ0) is 13.0. The highest BCUT2D eigenvalue weighted by atomic mass is 19.1. The fourth-order valence-electron chi connectivity index (χ4n) is 1.41. The second kappa shape index (κ2) is 5.43. The largest absolute Gasteiger partial charge is 0.481 e. The summed E-state index contributed by atoms with van der Waals surface area (Å²) in [5, 5.41) is 8.73. The number of carboxylic acid groups (broad SMARTS) is 1. The van der Waals surface area contributed by atoms with Crippen LogP contribution in [0.1, 0.15) is 17.3 Å². The van der Waals surface area contributed by atoms with Crippen molar-refractivity contribution < 1.29 is 19.1 Å². The topological polar surface area (TPSA) is 57.6 Å². The lowest BCUT2D eigenvalue weighted by Crippen LogP contribution is -2.33. The van der Waals surface area contributed by atoms with Crippen molar-refractivity contribution in [3.8, 4) is 0 Å². The highest BCUT2D eigenvalue weighted by molar-refractivity contribution is 5.94. The van der Waals surface area contributed by atoms with Gasteiger partial charge in [-0.2, -0.15) is 0 Å². The number of halogens is 1. The molecule has 1 atom stereocenters. The van der Waals surface area contributed by atoms with Gasteiger partial charge in [-0.25, -0.2) is 4.39 Å². The van der Waals surface area contributed by atoms with E-state index in [-0.39, 0.29) is 12.1 Å². The average Bonchev–Trinajstić information content (AvgIpc) is 2.27. The number of nitrogens with zero attached hydrogens (tertiary/aromatic N) is 1. The van der Waals surface area contributed by atoms with Crippen LogP contribution >= 0.6 is 0 Å². The van der Waals surface area contributed by atoms with Gasteiger partial charge in [-0.1, -0.05) is 13.0 Å². The van der Waals surface area contributed by atoms with Gasteiger partial charge in [-0.15, -0.1) is 0 Å². The molecule has 1 unspecified atom stereocenters. The van der Waals surface area contributed by atoms with Crippen LogP contribution in [0.3, 0.4) is 0 Å². The third-order valence-corrected chi connectivity index (χ3v) is 2.39. The lowest BCUT2D eigenvalue weighted by Gasteiger charge is -2.19. The molecule has 0 heterocycles. The summed E-state index contributed by atoms with van der Waals surface area (Å²) < 4.78 is 12.9. The summed E-state index contributed by atoms with van der Waals surface area (Å²) in [6, 6.07) is 5.31. The van der Waals surface area contributed by atoms with Crippen LogP contribution in [0.2, 0.25) is 0 Å². The van der Waals surface area contributed by atoms with Gasteiger partial charge in [0, 0.05) is 19.2 Å². The molecule has 4 nitrogen and oxygen atoms in total. The second-order valence-corrected chi connectivity index (χ2v) is 3.94. The van der Waals surface area contributed by atoms with Crippen LogP contribution in [0.25, 0.3) is 0 Å². The minimum Gasteiger partial charge on any atom is -0.481 e. The van der Waals surface area contributed by atoms with Gasteiger partial charge in [-0.05, 0) is 18.2 Å². The Labute approximate surface area is 98.7 Å². The molecule has 0 spiro atoms. The van der Waals surface area contributed by atoms with Crippen molar-refractivity contribution in [2.45, 2.75) is 6.92 Å². The monoisotopic (exact) mass is 239 g/mol. The predicted molar refractivity (Wildman–Crippen MR) is 60.2 cm³/mol. The van der Waals surface area contributed by atoms with Crippen LogP contribution in [0.5, 0.6) is 0 Å². The van der Waals surface area contributed by atoms with Crippen molar-refractivity contribution in [2.24, 2.45) is 5.92 Å². The van der Waals surface area contributed by atoms with Crippen LogP contribution in [0.4, 0.5) is 4.39 Å². The molecule has 0 aliphatic heterocycles. The molecule has 0 bridgehead atoms. The van der Waals surface area contributed by atoms with Crippen LogP contribution in [0.15, 0.2) is 24.3 Å². The van der Waals surface area contributed by atoms with E-state index in [1.807, 2.05) is 0 Å². The lowest BCUT2D eigenvalue weighted by atomic mass is 10.1. The molecule has 0 aliphatic carbocycles. The maximum atomic E-state index is 12.9. The molecule has 1 N–H and O–H groups in total. The second-order valence-electron chi connectivity index (χ2n) is 3.94. The first-order chi connectivity index (χ1) is 7.91. The first kappa shape index (κ1) is 13.2. The van der Waals surface area contributed by atoms with Crippen molar-refractivity contribution >= 4 is 11.9 Å². The third-order valence-electron chi connectivity index (χ3n) is 2.39. The smallest absolute Gasteiger partial charge is 0.308 e. The summed E-state index contributed by atoms with van der Waals surface area (Å²) in [5.41, 5.74) is 0.213. The maximum absolute atomic E-state index is 12.9. The molecule has 0 fully saturated rings. The quantitative estimate of drug-likeness (QED) is 0.868. The number of amides is 1. The zero-order valence-corrected chi connectivity index (χ0v) is 9.68. The van der Waals surface area contributed by atoms with Gasteiger partial charge in [0.15, 0.2) is 0 Å². The highest BCUT2D eigenvalue weighted by Gasteiger charge is 2.18. The van der Waals surface area contributed by atoms with Gasteiger partial charge < -0.3 is 10.0 Å². The van der Waals surface area contributed by atoms with Crippen molar-refractivity contribution in [1.29, 1.82) is 0 Å². The van der Waals surface area contributed by atoms with Crippen LogP contribution in [0, 0.1) is 11.7 Å². The van der Waals surface area contributed by atoms with E-state index in [0.717, 1.165) is 6.07 Å². The predicted octanol–water partition coefficient (Wildman–Crippen LogP) is 1.62. The summed E-state index contributed by atoms with van der Waals surface area (Å²) in [6.45, 7) is 1.60. The number of aliphatic carboxylic acids is 1. The number of hydrogen-bond donors (Lipinski definition) is 1. The third kappa shape index (κ3) is 3.55. The van der Waals surface area contributed by atoms with E-state index in [2.05, 4.69) is 0 Å². The average molecular weight is 239 g/mol. The minimum atomic E-state index is -0.969. The number of hydrogen-bond acceptors (Lipinski definition) is 2. The van der Waals surface area contributed by atoms with Crippen molar-refractivity contribution in [3.63, 3.8) is 0 Å². The molecule has 0 aromatic heterocycles. The molecular formula is C12H14FNO3. The Hall–Kier alpha value is -1.91. The molecule has 92 valence electrons. The summed E-state index contributed by atoms with van der Waals surface area (Å²) in [5.74, 6) is -2.51. The molecular weight excluding hydrogens is 225 g/mol. The summed E-state index contributed by atoms with van der Waals surface area (Å²) in [7, 11) is 1.49. The van der Waals surface area contributed by atoms with Gasteiger partial charge in [0.1, 0.15) is 5.82 Å². The SMILES string of the molecule is CC(CN(C)C(=O)c1cccc(F)c1)C(=O)O. The van der Waals surface area contributed by atoms with Crippen LogP contribution in [-0.2, 0) is 4.79 Å². The van der Waals surface area contributed by atoms with E-state index >= 15 is 0 Å². The van der Waals surface area contributed by atoms with Gasteiger partial charge in [0.2, 0.25) is 0 Å². The first-order valence-corrected chi connectivity index (χ1v) is 5.15. The van der Waals surface area contributed by atoms with Gasteiger partial charge in [0.25, 0.3) is 5.91 Å². The lowest BCUT2D eigenvalue weighted by molar-refractivity contribution is -0.141. The van der Waals surface area contributed by atoms with Crippen LogP contribution in [-0.4, -0.2) is 35.5 Å². The standard InChI is InChI=1S/C12H14FNO3/c1-8(12(16)17)7-14(2)11(15)9-4-3-5-10(13)6-9/h3-6,8H,7H2,1-2H3,(H,16,17). The minimum absolute atomic E-state index is 0.0880. The van der Waals surface area contributed by atoms with Crippen molar-refractivity contribution in [2.75, 3.05) is 13.6 Å². The normalized spacial score (nSPS) is 11.9. The Morgan fingerprint density at radius 1 is 1.47 bits per heavy atom. The van der Waals surface area contributed by atoms with E-state index in [4.69, 9.17) is 5.11 Å². The molecule has 1 amide bonds. The fraction of sp³-hybridized carbons (Fsp3) is 0.333. The molecule has 0 saturated heterocycles. The number of carbonyl (C=O) groups is 2. The van der Waals surface area contributed by atoms with Crippen LogP contribution < -0.4 is 0 Å². The highest BCUT2D eigenvalue weighted by Crippen LogP contribution is 2.08. The molecule has 0 aliphatic rings. The Morgan fingerprint density at radius 2 is 2.12 bits per heavy atom. The fourth-order valence-corrected chi connectivity index (χ4v) is 1.41. The number of benzene rings is 1. The van der Waals surface area contributed by atoms with Crippen molar-refractivity contribution in [3.05, 3.63) is 35.6 Å². The zero-order valence-electron chi connectivity index (χ0n) is 9.68. The Morgan fingerprint density at radius 3 is 2.65 bits per heavy atom. The van der Waals surface area contributed by atoms with Gasteiger partial charge >= 0.3 is 5.97 Å². The molecule has 0 radical (unpaired) electrons. The Kier molecular flexibility index (Phi) is 4.20. The Balaban J connectivity index is 2.73.